The van der Waals surface area contributed by atoms with E-state index in [9.17, 15) is 0 Å². The first-order chi connectivity index (χ1) is 9.17. The normalized spacial score (nSPS) is 10.2. The quantitative estimate of drug-likeness (QED) is 0.807. The van der Waals surface area contributed by atoms with Crippen LogP contribution in [-0.4, -0.2) is 0 Å². The van der Waals surface area contributed by atoms with Crippen molar-refractivity contribution in [2.45, 2.75) is 25.4 Å². The average molecular weight is 267 g/mol. The maximum Gasteiger partial charge on any atom is 0.0991 e. The first-order valence-corrected chi connectivity index (χ1v) is 7.47. The second-order valence-electron chi connectivity index (χ2n) is 4.80. The predicted molar refractivity (Wildman–Crippen MR) is 82.1 cm³/mol. The van der Waals surface area contributed by atoms with E-state index >= 15 is 0 Å². The highest BCUT2D eigenvalue weighted by molar-refractivity contribution is 7.97. The van der Waals surface area contributed by atoms with E-state index in [4.69, 9.17) is 5.26 Å². The van der Waals surface area contributed by atoms with Gasteiger partial charge in [-0.1, -0.05) is 41.5 Å². The summed E-state index contributed by atoms with van der Waals surface area (Å²) in [5.41, 5.74) is 6.04. The zero-order chi connectivity index (χ0) is 13.7. The fourth-order valence-corrected chi connectivity index (χ4v) is 3.05. The number of nitrogens with zero attached hydrogens (tertiary/aromatic N) is 1. The van der Waals surface area contributed by atoms with Crippen molar-refractivity contribution in [3.05, 3.63) is 70.3 Å². The number of benzene rings is 2. The number of nitriles is 1. The second-order valence-corrected chi connectivity index (χ2v) is 5.78. The third-order valence-electron chi connectivity index (χ3n) is 2.90. The molecule has 0 fully saturated rings. The molecule has 0 N–H and O–H groups in total. The highest BCUT2D eigenvalue weighted by Gasteiger charge is 1.98. The minimum Gasteiger partial charge on any atom is -0.192 e. The van der Waals surface area contributed by atoms with Crippen molar-refractivity contribution in [1.29, 1.82) is 5.26 Å². The lowest BCUT2D eigenvalue weighted by Crippen LogP contribution is -1.87. The summed E-state index contributed by atoms with van der Waals surface area (Å²) in [5.74, 6) is 2.02. The molecule has 2 aromatic rings. The van der Waals surface area contributed by atoms with Crippen LogP contribution < -0.4 is 0 Å². The summed E-state index contributed by atoms with van der Waals surface area (Å²) in [5, 5.41) is 8.75. The van der Waals surface area contributed by atoms with E-state index in [0.717, 1.165) is 17.1 Å². The topological polar surface area (TPSA) is 23.8 Å². The molecule has 0 aliphatic heterocycles. The van der Waals surface area contributed by atoms with E-state index in [1.54, 1.807) is 0 Å². The van der Waals surface area contributed by atoms with Gasteiger partial charge in [0, 0.05) is 11.5 Å². The zero-order valence-electron chi connectivity index (χ0n) is 11.3. The monoisotopic (exact) mass is 267 g/mol. The summed E-state index contributed by atoms with van der Waals surface area (Å²) in [6.07, 6.45) is 0. The third-order valence-corrected chi connectivity index (χ3v) is 3.98. The molecule has 0 spiro atoms. The van der Waals surface area contributed by atoms with Gasteiger partial charge in [0.15, 0.2) is 0 Å². The molecule has 0 heterocycles. The lowest BCUT2D eigenvalue weighted by Gasteiger charge is -2.05. The Morgan fingerprint density at radius 1 is 0.895 bits per heavy atom. The smallest absolute Gasteiger partial charge is 0.0991 e. The van der Waals surface area contributed by atoms with Gasteiger partial charge in [-0.3, -0.25) is 0 Å². The van der Waals surface area contributed by atoms with Gasteiger partial charge < -0.3 is 0 Å². The Labute approximate surface area is 119 Å². The van der Waals surface area contributed by atoms with Gasteiger partial charge >= 0.3 is 0 Å². The van der Waals surface area contributed by atoms with Crippen LogP contribution in [-0.2, 0) is 11.5 Å². The lowest BCUT2D eigenvalue weighted by molar-refractivity contribution is 1.29. The summed E-state index contributed by atoms with van der Waals surface area (Å²) in [6, 6.07) is 16.7. The molecular formula is C17H17NS. The molecular weight excluding hydrogens is 250 g/mol. The fraction of sp³-hybridized carbons (Fsp3) is 0.235. The number of thioether (sulfide) groups is 1. The Kier molecular flexibility index (Phi) is 4.65. The van der Waals surface area contributed by atoms with Crippen LogP contribution in [0, 0.1) is 25.2 Å². The van der Waals surface area contributed by atoms with E-state index in [1.807, 2.05) is 36.0 Å². The molecule has 0 amide bonds. The van der Waals surface area contributed by atoms with Crippen molar-refractivity contribution in [3.63, 3.8) is 0 Å². The van der Waals surface area contributed by atoms with Crippen LogP contribution in [0.3, 0.4) is 0 Å². The van der Waals surface area contributed by atoms with Gasteiger partial charge in [-0.15, -0.1) is 0 Å². The summed E-state index contributed by atoms with van der Waals surface area (Å²) >= 11 is 1.91. The summed E-state index contributed by atoms with van der Waals surface area (Å²) in [7, 11) is 0. The Balaban J connectivity index is 1.90. The summed E-state index contributed by atoms with van der Waals surface area (Å²) < 4.78 is 0. The third kappa shape index (κ3) is 4.15. The largest absolute Gasteiger partial charge is 0.192 e. The van der Waals surface area contributed by atoms with E-state index in [0.29, 0.717) is 0 Å². The molecule has 0 aromatic heterocycles. The molecule has 2 aromatic carbocycles. The van der Waals surface area contributed by atoms with E-state index in [-0.39, 0.29) is 0 Å². The number of rotatable bonds is 4. The van der Waals surface area contributed by atoms with Crippen LogP contribution in [0.25, 0.3) is 0 Å². The average Bonchev–Trinajstić information content (AvgIpc) is 2.38. The van der Waals surface area contributed by atoms with Crippen molar-refractivity contribution in [3.8, 4) is 6.07 Å². The SMILES string of the molecule is Cc1cc(C)cc(CSCc2ccc(C#N)cc2)c1. The fourth-order valence-electron chi connectivity index (χ4n) is 2.11. The lowest BCUT2D eigenvalue weighted by atomic mass is 10.1. The molecule has 0 aliphatic carbocycles. The number of hydrogen-bond donors (Lipinski definition) is 0. The minimum absolute atomic E-state index is 0.725. The van der Waals surface area contributed by atoms with Gasteiger partial charge in [0.2, 0.25) is 0 Å². The van der Waals surface area contributed by atoms with E-state index in [2.05, 4.69) is 38.1 Å². The molecule has 2 heteroatoms. The first kappa shape index (κ1) is 13.7. The molecule has 0 saturated carbocycles. The van der Waals surface area contributed by atoms with E-state index < -0.39 is 0 Å². The van der Waals surface area contributed by atoms with Gasteiger partial charge in [-0.25, -0.2) is 0 Å². The molecule has 0 radical (unpaired) electrons. The molecule has 96 valence electrons. The number of aryl methyl sites for hydroxylation is 2. The molecule has 0 unspecified atom stereocenters. The van der Waals surface area contributed by atoms with Gasteiger partial charge in [-0.05, 0) is 37.1 Å². The van der Waals surface area contributed by atoms with Crippen LogP contribution >= 0.6 is 11.8 Å². The van der Waals surface area contributed by atoms with Crippen LogP contribution in [0.2, 0.25) is 0 Å². The molecule has 0 aliphatic rings. The molecule has 19 heavy (non-hydrogen) atoms. The Morgan fingerprint density at radius 2 is 1.47 bits per heavy atom. The Hall–Kier alpha value is -1.72. The molecule has 2 rings (SSSR count). The zero-order valence-corrected chi connectivity index (χ0v) is 12.1. The first-order valence-electron chi connectivity index (χ1n) is 6.31. The maximum atomic E-state index is 8.75. The van der Waals surface area contributed by atoms with Crippen LogP contribution in [0.5, 0.6) is 0 Å². The highest BCUT2D eigenvalue weighted by Crippen LogP contribution is 2.20. The van der Waals surface area contributed by atoms with Crippen molar-refractivity contribution in [2.75, 3.05) is 0 Å². The van der Waals surface area contributed by atoms with Crippen molar-refractivity contribution in [1.82, 2.24) is 0 Å². The van der Waals surface area contributed by atoms with Crippen LogP contribution in [0.15, 0.2) is 42.5 Å². The molecule has 0 atom stereocenters. The minimum atomic E-state index is 0.725. The molecule has 0 bridgehead atoms. The van der Waals surface area contributed by atoms with Crippen LogP contribution in [0.4, 0.5) is 0 Å². The van der Waals surface area contributed by atoms with Gasteiger partial charge in [-0.2, -0.15) is 17.0 Å². The second kappa shape index (κ2) is 6.45. The van der Waals surface area contributed by atoms with Gasteiger partial charge in [0.1, 0.15) is 0 Å². The maximum absolute atomic E-state index is 8.75. The van der Waals surface area contributed by atoms with E-state index in [1.165, 1.54) is 22.3 Å². The molecule has 0 saturated heterocycles. The Morgan fingerprint density at radius 3 is 2.05 bits per heavy atom. The standard InChI is InChI=1S/C17H17NS/c1-13-7-14(2)9-17(8-13)12-19-11-16-5-3-15(10-18)4-6-16/h3-9H,11-12H2,1-2H3. The summed E-state index contributed by atoms with van der Waals surface area (Å²) in [4.78, 5) is 0. The Bertz CT molecular complexity index is 573. The highest BCUT2D eigenvalue weighted by atomic mass is 32.2. The molecule has 1 nitrogen and oxygen atoms in total. The van der Waals surface area contributed by atoms with Crippen molar-refractivity contribution >= 4 is 11.8 Å². The van der Waals surface area contributed by atoms with Crippen molar-refractivity contribution < 1.29 is 0 Å². The summed E-state index contributed by atoms with van der Waals surface area (Å²) in [6.45, 7) is 4.28. The predicted octanol–water partition coefficient (Wildman–Crippen LogP) is 4.61. The number of hydrogen-bond acceptors (Lipinski definition) is 2. The van der Waals surface area contributed by atoms with Gasteiger partial charge in [0.25, 0.3) is 0 Å². The van der Waals surface area contributed by atoms with Gasteiger partial charge in [0.05, 0.1) is 11.6 Å². The van der Waals surface area contributed by atoms with Crippen molar-refractivity contribution in [2.24, 2.45) is 0 Å². The van der Waals surface area contributed by atoms with Crippen LogP contribution in [0.1, 0.15) is 27.8 Å².